The van der Waals surface area contributed by atoms with Crippen LogP contribution in [0.5, 0.6) is 0 Å². The van der Waals surface area contributed by atoms with Gasteiger partial charge in [0.05, 0.1) is 23.9 Å². The smallest absolute Gasteiger partial charge is 0.237 e. The lowest BCUT2D eigenvalue weighted by molar-refractivity contribution is 0.595. The summed E-state index contributed by atoms with van der Waals surface area (Å²) in [6.45, 7) is 6.84. The molecule has 0 saturated heterocycles. The molecule has 1 heterocycles. The second kappa shape index (κ2) is 3.07. The van der Waals surface area contributed by atoms with Crippen molar-refractivity contribution in [2.75, 3.05) is 6.26 Å². The van der Waals surface area contributed by atoms with Gasteiger partial charge in [-0.2, -0.15) is 0 Å². The molecule has 0 aliphatic heterocycles. The fraction of sp³-hybridized carbons (Fsp3) is 0.111. The summed E-state index contributed by atoms with van der Waals surface area (Å²) in [5.41, 5.74) is 1.40. The molecule has 0 N–H and O–H groups in total. The predicted octanol–water partition coefficient (Wildman–Crippen LogP) is 1.39. The van der Waals surface area contributed by atoms with Crippen molar-refractivity contribution in [1.29, 1.82) is 0 Å². The van der Waals surface area contributed by atoms with E-state index in [2.05, 4.69) is 9.83 Å². The summed E-state index contributed by atoms with van der Waals surface area (Å²) in [5, 5.41) is 0. The molecule has 0 spiro atoms. The zero-order valence-corrected chi connectivity index (χ0v) is 8.69. The van der Waals surface area contributed by atoms with Gasteiger partial charge in [-0.25, -0.2) is 22.2 Å². The zero-order chi connectivity index (χ0) is 11.1. The molecule has 1 aromatic carbocycles. The van der Waals surface area contributed by atoms with Crippen LogP contribution in [0.4, 0.5) is 5.69 Å². The van der Waals surface area contributed by atoms with Crippen LogP contribution in [-0.2, 0) is 10.0 Å². The van der Waals surface area contributed by atoms with Crippen molar-refractivity contribution in [3.8, 4) is 0 Å². The number of imidazole rings is 1. The van der Waals surface area contributed by atoms with E-state index >= 15 is 0 Å². The standard InChI is InChI=1S/C9H7N3O2S/c1-10-7-3-4-8-9(5-7)12(6-11-8)15(2,13)14/h3-6H,2H3. The topological polar surface area (TPSA) is 56.3 Å². The molecule has 2 aromatic rings. The van der Waals surface area contributed by atoms with E-state index in [4.69, 9.17) is 6.57 Å². The van der Waals surface area contributed by atoms with Crippen LogP contribution in [-0.4, -0.2) is 23.6 Å². The fourth-order valence-electron chi connectivity index (χ4n) is 1.31. The van der Waals surface area contributed by atoms with Gasteiger partial charge in [-0.3, -0.25) is 0 Å². The maximum absolute atomic E-state index is 11.4. The third kappa shape index (κ3) is 1.57. The van der Waals surface area contributed by atoms with Gasteiger partial charge in [-0.05, 0) is 12.1 Å². The molecule has 0 aliphatic rings. The summed E-state index contributed by atoms with van der Waals surface area (Å²) in [6, 6.07) is 4.75. The van der Waals surface area contributed by atoms with Crippen molar-refractivity contribution in [3.63, 3.8) is 0 Å². The van der Waals surface area contributed by atoms with Crippen molar-refractivity contribution < 1.29 is 8.42 Å². The van der Waals surface area contributed by atoms with Gasteiger partial charge in [-0.1, -0.05) is 6.07 Å². The number of hydrogen-bond donors (Lipinski definition) is 0. The highest BCUT2D eigenvalue weighted by Gasteiger charge is 2.10. The Morgan fingerprint density at radius 2 is 2.20 bits per heavy atom. The molecule has 0 saturated carbocycles. The van der Waals surface area contributed by atoms with Gasteiger partial charge in [0, 0.05) is 0 Å². The van der Waals surface area contributed by atoms with Crippen molar-refractivity contribution in [3.05, 3.63) is 35.9 Å². The summed E-state index contributed by atoms with van der Waals surface area (Å²) >= 11 is 0. The Kier molecular flexibility index (Phi) is 1.98. The average molecular weight is 221 g/mol. The van der Waals surface area contributed by atoms with Crippen LogP contribution in [0.25, 0.3) is 15.9 Å². The lowest BCUT2D eigenvalue weighted by Gasteiger charge is -1.99. The molecule has 0 amide bonds. The molecule has 0 aliphatic carbocycles. The van der Waals surface area contributed by atoms with E-state index in [9.17, 15) is 8.42 Å². The van der Waals surface area contributed by atoms with E-state index in [1.165, 1.54) is 12.4 Å². The monoisotopic (exact) mass is 221 g/mol. The number of benzene rings is 1. The van der Waals surface area contributed by atoms with Gasteiger partial charge in [0.1, 0.15) is 6.33 Å². The fourth-order valence-corrected chi connectivity index (χ4v) is 2.03. The van der Waals surface area contributed by atoms with Gasteiger partial charge in [0.15, 0.2) is 5.69 Å². The highest BCUT2D eigenvalue weighted by atomic mass is 32.2. The molecule has 76 valence electrons. The van der Waals surface area contributed by atoms with Gasteiger partial charge in [-0.15, -0.1) is 0 Å². The molecule has 0 fully saturated rings. The van der Waals surface area contributed by atoms with Crippen molar-refractivity contribution in [1.82, 2.24) is 8.96 Å². The molecule has 6 heteroatoms. The first kappa shape index (κ1) is 9.68. The second-order valence-electron chi connectivity index (χ2n) is 3.09. The van der Waals surface area contributed by atoms with Gasteiger partial charge >= 0.3 is 0 Å². The summed E-state index contributed by atoms with van der Waals surface area (Å²) < 4.78 is 23.8. The van der Waals surface area contributed by atoms with E-state index in [1.807, 2.05) is 0 Å². The van der Waals surface area contributed by atoms with E-state index in [0.29, 0.717) is 16.7 Å². The van der Waals surface area contributed by atoms with Crippen molar-refractivity contribution >= 4 is 26.7 Å². The SMILES string of the molecule is [C-]#[N+]c1ccc2ncn(S(C)(=O)=O)c2c1. The molecule has 0 unspecified atom stereocenters. The molecule has 5 nitrogen and oxygen atoms in total. The summed E-state index contributed by atoms with van der Waals surface area (Å²) in [4.78, 5) is 7.18. The number of aromatic nitrogens is 2. The Hall–Kier alpha value is -1.87. The Morgan fingerprint density at radius 3 is 2.80 bits per heavy atom. The Bertz CT molecular complexity index is 664. The van der Waals surface area contributed by atoms with Crippen LogP contribution in [0.15, 0.2) is 24.5 Å². The number of hydrogen-bond acceptors (Lipinski definition) is 3. The quantitative estimate of drug-likeness (QED) is 0.684. The minimum Gasteiger partial charge on any atom is -0.238 e. The van der Waals surface area contributed by atoms with Crippen LogP contribution < -0.4 is 0 Å². The molecular formula is C9H7N3O2S. The third-order valence-corrected chi connectivity index (χ3v) is 2.99. The Morgan fingerprint density at radius 1 is 1.47 bits per heavy atom. The first-order chi connectivity index (χ1) is 7.02. The Balaban J connectivity index is 2.85. The summed E-state index contributed by atoms with van der Waals surface area (Å²) in [5.74, 6) is 0. The van der Waals surface area contributed by atoms with E-state index in [-0.39, 0.29) is 0 Å². The average Bonchev–Trinajstić information content (AvgIpc) is 2.59. The zero-order valence-electron chi connectivity index (χ0n) is 7.88. The summed E-state index contributed by atoms with van der Waals surface area (Å²) in [7, 11) is -3.36. The molecule has 1 aromatic heterocycles. The first-order valence-corrected chi connectivity index (χ1v) is 5.92. The van der Waals surface area contributed by atoms with E-state index in [0.717, 1.165) is 10.2 Å². The lowest BCUT2D eigenvalue weighted by Crippen LogP contribution is -2.07. The number of nitrogens with zero attached hydrogens (tertiary/aromatic N) is 3. The van der Waals surface area contributed by atoms with Gasteiger partial charge in [0.25, 0.3) is 0 Å². The maximum Gasteiger partial charge on any atom is 0.237 e. The van der Waals surface area contributed by atoms with Gasteiger partial charge < -0.3 is 0 Å². The van der Waals surface area contributed by atoms with Crippen LogP contribution in [0.2, 0.25) is 0 Å². The molecular weight excluding hydrogens is 214 g/mol. The maximum atomic E-state index is 11.4. The van der Waals surface area contributed by atoms with E-state index < -0.39 is 10.0 Å². The second-order valence-corrected chi connectivity index (χ2v) is 4.95. The minimum atomic E-state index is -3.36. The molecule has 0 radical (unpaired) electrons. The largest absolute Gasteiger partial charge is 0.238 e. The predicted molar refractivity (Wildman–Crippen MR) is 56.2 cm³/mol. The van der Waals surface area contributed by atoms with Crippen LogP contribution in [0, 0.1) is 6.57 Å². The van der Waals surface area contributed by atoms with Crippen LogP contribution in [0.1, 0.15) is 0 Å². The number of fused-ring (bicyclic) bond motifs is 1. The van der Waals surface area contributed by atoms with Gasteiger partial charge in [0.2, 0.25) is 10.0 Å². The van der Waals surface area contributed by atoms with Crippen LogP contribution in [0.3, 0.4) is 0 Å². The lowest BCUT2D eigenvalue weighted by atomic mass is 10.3. The van der Waals surface area contributed by atoms with Crippen molar-refractivity contribution in [2.24, 2.45) is 0 Å². The summed E-state index contributed by atoms with van der Waals surface area (Å²) in [6.07, 6.45) is 2.34. The van der Waals surface area contributed by atoms with Crippen LogP contribution >= 0.6 is 0 Å². The van der Waals surface area contributed by atoms with E-state index in [1.54, 1.807) is 12.1 Å². The first-order valence-electron chi connectivity index (χ1n) is 4.07. The highest BCUT2D eigenvalue weighted by Crippen LogP contribution is 2.21. The number of rotatable bonds is 1. The Labute approximate surface area is 86.8 Å². The highest BCUT2D eigenvalue weighted by molar-refractivity contribution is 7.89. The molecule has 0 atom stereocenters. The normalized spacial score (nSPS) is 11.5. The minimum absolute atomic E-state index is 0.396. The van der Waals surface area contributed by atoms with Crippen molar-refractivity contribution in [2.45, 2.75) is 0 Å². The molecule has 0 bridgehead atoms. The molecule has 15 heavy (non-hydrogen) atoms. The third-order valence-electron chi connectivity index (χ3n) is 1.98. The molecule has 2 rings (SSSR count).